The second kappa shape index (κ2) is 5.87. The summed E-state index contributed by atoms with van der Waals surface area (Å²) in [5.41, 5.74) is 5.45. The zero-order chi connectivity index (χ0) is 9.61. The maximum absolute atomic E-state index is 5.45. The molecule has 3 nitrogen and oxygen atoms in total. The molecule has 0 aliphatic rings. The molecule has 0 heterocycles. The first-order chi connectivity index (χ1) is 5.56. The fourth-order valence-electron chi connectivity index (χ4n) is 1.08. The third-order valence-electron chi connectivity index (χ3n) is 2.39. The van der Waals surface area contributed by atoms with Crippen LogP contribution in [0.5, 0.6) is 0 Å². The van der Waals surface area contributed by atoms with E-state index < -0.39 is 9.76 Å². The van der Waals surface area contributed by atoms with Gasteiger partial charge >= 0.3 is 0 Å². The van der Waals surface area contributed by atoms with Crippen molar-refractivity contribution >= 4 is 20.2 Å². The summed E-state index contributed by atoms with van der Waals surface area (Å²) < 4.78 is 5.44. The van der Waals surface area contributed by atoms with Gasteiger partial charge in [-0.25, -0.2) is 0 Å². The first-order valence-corrected chi connectivity index (χ1v) is 6.61. The summed E-state index contributed by atoms with van der Waals surface area (Å²) in [6, 6.07) is 0. The molecule has 0 bridgehead atoms. The third-order valence-corrected chi connectivity index (χ3v) is 5.21. The van der Waals surface area contributed by atoms with Gasteiger partial charge in [-0.15, -0.1) is 0 Å². The molecule has 3 N–H and O–H groups in total. The minimum atomic E-state index is -0.433. The van der Waals surface area contributed by atoms with Crippen LogP contribution in [0.1, 0.15) is 20.8 Å². The summed E-state index contributed by atoms with van der Waals surface area (Å²) in [6.07, 6.45) is 0. The Labute approximate surface area is 80.9 Å². The summed E-state index contributed by atoms with van der Waals surface area (Å²) in [7, 11) is 0.431. The summed E-state index contributed by atoms with van der Waals surface area (Å²) in [6.45, 7) is 8.32. The molecule has 1 atom stereocenters. The lowest BCUT2D eigenvalue weighted by atomic mass is 10.1. The van der Waals surface area contributed by atoms with Crippen LogP contribution in [0.2, 0.25) is 0 Å². The number of hydrogen-bond donors (Lipinski definition) is 2. The van der Waals surface area contributed by atoms with E-state index in [1.165, 1.54) is 0 Å². The highest BCUT2D eigenvalue weighted by atomic mass is 28.3. The molecular formula is C7H22N2OSi2. The Balaban J connectivity index is 3.99. The Kier molecular flexibility index (Phi) is 6.03. The molecule has 0 aromatic rings. The van der Waals surface area contributed by atoms with Crippen molar-refractivity contribution in [2.75, 3.05) is 13.1 Å². The molecule has 0 radical (unpaired) electrons. The predicted octanol–water partition coefficient (Wildman–Crippen LogP) is -1.71. The highest BCUT2D eigenvalue weighted by Gasteiger charge is 2.27. The van der Waals surface area contributed by atoms with Gasteiger partial charge in [0.15, 0.2) is 9.76 Å². The van der Waals surface area contributed by atoms with Gasteiger partial charge in [0, 0.05) is 18.3 Å². The van der Waals surface area contributed by atoms with Crippen LogP contribution in [-0.2, 0) is 4.12 Å². The molecule has 5 heteroatoms. The summed E-state index contributed by atoms with van der Waals surface area (Å²) in [4.78, 5) is 0. The van der Waals surface area contributed by atoms with Gasteiger partial charge in [-0.05, 0) is 12.8 Å². The molecule has 0 aliphatic carbocycles. The van der Waals surface area contributed by atoms with E-state index in [2.05, 4.69) is 26.1 Å². The highest BCUT2D eigenvalue weighted by molar-refractivity contribution is 6.38. The van der Waals surface area contributed by atoms with E-state index in [0.29, 0.717) is 12.5 Å². The van der Waals surface area contributed by atoms with Crippen LogP contribution < -0.4 is 11.1 Å². The molecule has 0 aliphatic heterocycles. The van der Waals surface area contributed by atoms with Crippen LogP contribution in [0.25, 0.3) is 0 Å². The number of rotatable bonds is 6. The van der Waals surface area contributed by atoms with Crippen LogP contribution in [-0.4, -0.2) is 38.5 Å². The van der Waals surface area contributed by atoms with Crippen molar-refractivity contribution in [3.8, 4) is 0 Å². The average molecular weight is 206 g/mol. The van der Waals surface area contributed by atoms with Gasteiger partial charge in [-0.3, -0.25) is 0 Å². The second-order valence-corrected chi connectivity index (χ2v) is 7.79. The van der Waals surface area contributed by atoms with Crippen LogP contribution in [0.4, 0.5) is 0 Å². The SMILES string of the molecule is CC(C)C(C)(NCCN)[SiH2]O[SiH3]. The second-order valence-electron chi connectivity index (χ2n) is 3.72. The minimum Gasteiger partial charge on any atom is -0.467 e. The molecule has 0 amide bonds. The van der Waals surface area contributed by atoms with Crippen molar-refractivity contribution in [1.82, 2.24) is 5.32 Å². The normalized spacial score (nSPS) is 17.8. The molecular weight excluding hydrogens is 184 g/mol. The van der Waals surface area contributed by atoms with Crippen molar-refractivity contribution in [1.29, 1.82) is 0 Å². The Morgan fingerprint density at radius 1 is 1.67 bits per heavy atom. The first kappa shape index (κ1) is 12.3. The number of hydrogen-bond acceptors (Lipinski definition) is 3. The zero-order valence-electron chi connectivity index (χ0n) is 8.68. The quantitative estimate of drug-likeness (QED) is 0.509. The number of nitrogens with one attached hydrogen (secondary N) is 1. The van der Waals surface area contributed by atoms with E-state index in [-0.39, 0.29) is 5.16 Å². The minimum absolute atomic E-state index is 0.223. The average Bonchev–Trinajstić information content (AvgIpc) is 2.01. The molecule has 0 saturated heterocycles. The summed E-state index contributed by atoms with van der Waals surface area (Å²) in [5, 5.41) is 3.70. The molecule has 0 aromatic heterocycles. The Morgan fingerprint density at radius 3 is 2.58 bits per heavy atom. The molecule has 12 heavy (non-hydrogen) atoms. The van der Waals surface area contributed by atoms with Crippen molar-refractivity contribution in [3.05, 3.63) is 0 Å². The predicted molar refractivity (Wildman–Crippen MR) is 59.9 cm³/mol. The van der Waals surface area contributed by atoms with Gasteiger partial charge in [0.25, 0.3) is 0 Å². The van der Waals surface area contributed by atoms with E-state index in [0.717, 1.165) is 17.0 Å². The van der Waals surface area contributed by atoms with Gasteiger partial charge in [0.05, 0.1) is 0 Å². The molecule has 0 fully saturated rings. The Morgan fingerprint density at radius 2 is 2.25 bits per heavy atom. The first-order valence-electron chi connectivity index (χ1n) is 4.51. The fraction of sp³-hybridized carbons (Fsp3) is 1.00. The van der Waals surface area contributed by atoms with Crippen molar-refractivity contribution in [2.45, 2.75) is 25.9 Å². The van der Waals surface area contributed by atoms with E-state index >= 15 is 0 Å². The molecule has 0 saturated carbocycles. The van der Waals surface area contributed by atoms with Crippen molar-refractivity contribution < 1.29 is 4.12 Å². The molecule has 0 aromatic carbocycles. The van der Waals surface area contributed by atoms with Crippen molar-refractivity contribution in [2.24, 2.45) is 11.7 Å². The molecule has 0 spiro atoms. The van der Waals surface area contributed by atoms with Gasteiger partial charge in [-0.1, -0.05) is 13.8 Å². The maximum Gasteiger partial charge on any atom is 0.165 e. The van der Waals surface area contributed by atoms with Crippen LogP contribution in [0.3, 0.4) is 0 Å². The van der Waals surface area contributed by atoms with Crippen molar-refractivity contribution in [3.63, 3.8) is 0 Å². The lowest BCUT2D eigenvalue weighted by Crippen LogP contribution is -2.54. The van der Waals surface area contributed by atoms with Crippen LogP contribution >= 0.6 is 0 Å². The largest absolute Gasteiger partial charge is 0.467 e. The molecule has 1 unspecified atom stereocenters. The Bertz CT molecular complexity index is 124. The molecule has 74 valence electrons. The van der Waals surface area contributed by atoms with Gasteiger partial charge in [0.1, 0.15) is 10.5 Å². The van der Waals surface area contributed by atoms with Crippen LogP contribution in [0, 0.1) is 5.92 Å². The van der Waals surface area contributed by atoms with Crippen LogP contribution in [0.15, 0.2) is 0 Å². The van der Waals surface area contributed by atoms with Gasteiger partial charge in [0.2, 0.25) is 0 Å². The maximum atomic E-state index is 5.45. The molecule has 0 rings (SSSR count). The number of nitrogens with two attached hydrogens (primary N) is 1. The lowest BCUT2D eigenvalue weighted by molar-refractivity contribution is 0.350. The monoisotopic (exact) mass is 206 g/mol. The van der Waals surface area contributed by atoms with Gasteiger partial charge in [-0.2, -0.15) is 0 Å². The standard InChI is InChI=1S/C7H22N2OSi2/c1-6(2)7(3,12-10-11)9-5-4-8/h6,9H,4-5,8,12H2,1-3,11H3. The lowest BCUT2D eigenvalue weighted by Gasteiger charge is -2.34. The Hall–Kier alpha value is 0.314. The van der Waals surface area contributed by atoms with E-state index in [9.17, 15) is 0 Å². The van der Waals surface area contributed by atoms with E-state index in [1.54, 1.807) is 0 Å². The highest BCUT2D eigenvalue weighted by Crippen LogP contribution is 2.14. The van der Waals surface area contributed by atoms with Gasteiger partial charge < -0.3 is 15.2 Å². The smallest absolute Gasteiger partial charge is 0.165 e. The summed E-state index contributed by atoms with van der Waals surface area (Å²) >= 11 is 0. The fourth-order valence-corrected chi connectivity index (χ4v) is 4.09. The topological polar surface area (TPSA) is 47.3 Å². The van der Waals surface area contributed by atoms with E-state index in [1.807, 2.05) is 0 Å². The zero-order valence-corrected chi connectivity index (χ0v) is 12.1. The van der Waals surface area contributed by atoms with E-state index in [4.69, 9.17) is 9.85 Å². The third kappa shape index (κ3) is 3.82. The summed E-state index contributed by atoms with van der Waals surface area (Å²) in [5.74, 6) is 0.629.